The Morgan fingerprint density at radius 1 is 1.46 bits per heavy atom. The molecule has 1 aliphatic carbocycles. The van der Waals surface area contributed by atoms with Gasteiger partial charge < -0.3 is 15.5 Å². The highest BCUT2D eigenvalue weighted by Gasteiger charge is 2.40. The van der Waals surface area contributed by atoms with Gasteiger partial charge in [-0.15, -0.1) is 24.0 Å². The van der Waals surface area contributed by atoms with Crippen LogP contribution in [-0.4, -0.2) is 58.1 Å². The minimum absolute atomic E-state index is 0. The molecule has 2 N–H and O–H groups in total. The lowest BCUT2D eigenvalue weighted by Gasteiger charge is -2.24. The van der Waals surface area contributed by atoms with Crippen molar-refractivity contribution in [3.63, 3.8) is 0 Å². The summed E-state index contributed by atoms with van der Waals surface area (Å²) in [6.45, 7) is 2.60. The third-order valence-electron chi connectivity index (χ3n) is 5.23. The first-order valence-electron chi connectivity index (χ1n) is 8.17. The number of nitrogens with two attached hydrogens (primary N) is 1. The molecule has 24 heavy (non-hydrogen) atoms. The number of aliphatic imine (C=N–C) groups is 1. The van der Waals surface area contributed by atoms with E-state index >= 15 is 0 Å². The van der Waals surface area contributed by atoms with E-state index in [0.717, 1.165) is 11.3 Å². The number of halogens is 1. The molecular weight excluding hydrogens is 419 g/mol. The maximum atomic E-state index is 12.2. The molecule has 0 aromatic carbocycles. The standard InChI is InChI=1S/C16H26N6O.HI/c1-10-13(9-19-22(10)4)15-11(7-14(23)21(15)3)8-18-16(17)20(2)12-5-6-12;/h9,11-12,15H,5-8H2,1-4H3,(H2,17,18);1H/t11-,15+;/m0./s1. The molecule has 0 unspecified atom stereocenters. The maximum absolute atomic E-state index is 12.2. The fourth-order valence-corrected chi connectivity index (χ4v) is 3.36. The topological polar surface area (TPSA) is 79.8 Å². The zero-order valence-electron chi connectivity index (χ0n) is 14.8. The fourth-order valence-electron chi connectivity index (χ4n) is 3.36. The summed E-state index contributed by atoms with van der Waals surface area (Å²) < 4.78 is 1.85. The normalized spacial score (nSPS) is 24.2. The van der Waals surface area contributed by atoms with Crippen LogP contribution in [0.5, 0.6) is 0 Å². The number of hydrogen-bond donors (Lipinski definition) is 1. The highest BCUT2D eigenvalue weighted by atomic mass is 127. The predicted molar refractivity (Wildman–Crippen MR) is 104 cm³/mol. The van der Waals surface area contributed by atoms with Gasteiger partial charge in [0.25, 0.3) is 0 Å². The molecule has 0 radical (unpaired) electrons. The third-order valence-corrected chi connectivity index (χ3v) is 5.23. The number of rotatable bonds is 4. The van der Waals surface area contributed by atoms with Gasteiger partial charge in [0.1, 0.15) is 0 Å². The molecule has 1 aliphatic heterocycles. The Morgan fingerprint density at radius 3 is 2.67 bits per heavy atom. The van der Waals surface area contributed by atoms with E-state index in [9.17, 15) is 4.79 Å². The summed E-state index contributed by atoms with van der Waals surface area (Å²) in [5.74, 6) is 0.880. The first-order chi connectivity index (χ1) is 10.9. The summed E-state index contributed by atoms with van der Waals surface area (Å²) in [7, 11) is 5.78. The quantitative estimate of drug-likeness (QED) is 0.430. The molecule has 2 heterocycles. The van der Waals surface area contributed by atoms with Gasteiger partial charge >= 0.3 is 0 Å². The zero-order chi connectivity index (χ0) is 16.7. The van der Waals surface area contributed by atoms with E-state index in [-0.39, 0.29) is 41.8 Å². The van der Waals surface area contributed by atoms with Crippen LogP contribution in [0.25, 0.3) is 0 Å². The lowest BCUT2D eigenvalue weighted by molar-refractivity contribution is -0.127. The Labute approximate surface area is 160 Å². The molecule has 8 heteroatoms. The molecule has 1 saturated heterocycles. The van der Waals surface area contributed by atoms with Crippen molar-refractivity contribution in [1.29, 1.82) is 0 Å². The molecular formula is C16H27IN6O. The number of aryl methyl sites for hydroxylation is 1. The molecule has 3 rings (SSSR count). The van der Waals surface area contributed by atoms with Gasteiger partial charge in [-0.25, -0.2) is 0 Å². The summed E-state index contributed by atoms with van der Waals surface area (Å²) in [5.41, 5.74) is 8.28. The minimum Gasteiger partial charge on any atom is -0.370 e. The van der Waals surface area contributed by atoms with Gasteiger partial charge in [-0.05, 0) is 19.8 Å². The van der Waals surface area contributed by atoms with Crippen LogP contribution in [0.3, 0.4) is 0 Å². The van der Waals surface area contributed by atoms with Gasteiger partial charge in [-0.1, -0.05) is 0 Å². The molecule has 7 nitrogen and oxygen atoms in total. The van der Waals surface area contributed by atoms with Crippen molar-refractivity contribution < 1.29 is 4.79 Å². The number of likely N-dealkylation sites (tertiary alicyclic amines) is 1. The second kappa shape index (κ2) is 7.28. The largest absolute Gasteiger partial charge is 0.370 e. The van der Waals surface area contributed by atoms with Crippen LogP contribution in [-0.2, 0) is 11.8 Å². The molecule has 1 aromatic heterocycles. The SMILES string of the molecule is Cc1c([C@H]2[C@H](CN=C(N)N(C)C3CC3)CC(=O)N2C)cnn1C.I. The maximum Gasteiger partial charge on any atom is 0.223 e. The highest BCUT2D eigenvalue weighted by Crippen LogP contribution is 2.38. The van der Waals surface area contributed by atoms with Gasteiger partial charge in [0.2, 0.25) is 5.91 Å². The van der Waals surface area contributed by atoms with Crippen LogP contribution in [0.4, 0.5) is 0 Å². The minimum atomic E-state index is 0. The van der Waals surface area contributed by atoms with Crippen molar-refractivity contribution in [3.8, 4) is 0 Å². The Morgan fingerprint density at radius 2 is 2.12 bits per heavy atom. The van der Waals surface area contributed by atoms with E-state index in [0.29, 0.717) is 25.0 Å². The molecule has 0 bridgehead atoms. The fraction of sp³-hybridized carbons (Fsp3) is 0.688. The molecule has 1 amide bonds. The van der Waals surface area contributed by atoms with Crippen molar-refractivity contribution >= 4 is 35.8 Å². The summed E-state index contributed by atoms with van der Waals surface area (Å²) in [5, 5.41) is 4.32. The number of hydrogen-bond acceptors (Lipinski definition) is 3. The van der Waals surface area contributed by atoms with Gasteiger partial charge in [0.05, 0.1) is 12.2 Å². The molecule has 1 saturated carbocycles. The molecule has 1 aromatic rings. The van der Waals surface area contributed by atoms with E-state index in [1.807, 2.05) is 48.7 Å². The average molecular weight is 446 g/mol. The number of nitrogens with zero attached hydrogens (tertiary/aromatic N) is 5. The van der Waals surface area contributed by atoms with Crippen LogP contribution in [0, 0.1) is 12.8 Å². The van der Waals surface area contributed by atoms with Crippen molar-refractivity contribution in [3.05, 3.63) is 17.5 Å². The smallest absolute Gasteiger partial charge is 0.223 e. The Bertz CT molecular complexity index is 639. The number of carbonyl (C=O) groups excluding carboxylic acids is 1. The number of carbonyl (C=O) groups is 1. The predicted octanol–water partition coefficient (Wildman–Crippen LogP) is 1.27. The van der Waals surface area contributed by atoms with E-state index in [1.165, 1.54) is 12.8 Å². The first-order valence-corrected chi connectivity index (χ1v) is 8.17. The van der Waals surface area contributed by atoms with E-state index < -0.39 is 0 Å². The third kappa shape index (κ3) is 3.52. The van der Waals surface area contributed by atoms with Crippen molar-refractivity contribution in [2.75, 3.05) is 20.6 Å². The Kier molecular flexibility index (Phi) is 5.77. The summed E-state index contributed by atoms with van der Waals surface area (Å²) in [6, 6.07) is 0.571. The zero-order valence-corrected chi connectivity index (χ0v) is 17.1. The van der Waals surface area contributed by atoms with E-state index in [2.05, 4.69) is 10.1 Å². The van der Waals surface area contributed by atoms with Gasteiger partial charge in [-0.3, -0.25) is 14.5 Å². The molecule has 2 fully saturated rings. The number of guanidine groups is 1. The van der Waals surface area contributed by atoms with Gasteiger partial charge in [-0.2, -0.15) is 5.10 Å². The molecule has 0 spiro atoms. The lowest BCUT2D eigenvalue weighted by atomic mass is 9.94. The van der Waals surface area contributed by atoms with Crippen LogP contribution in [0.15, 0.2) is 11.2 Å². The van der Waals surface area contributed by atoms with Crippen molar-refractivity contribution in [1.82, 2.24) is 19.6 Å². The monoisotopic (exact) mass is 446 g/mol. The van der Waals surface area contributed by atoms with Crippen LogP contribution in [0.1, 0.15) is 36.6 Å². The van der Waals surface area contributed by atoms with Crippen LogP contribution in [0.2, 0.25) is 0 Å². The first kappa shape index (κ1) is 19.0. The summed E-state index contributed by atoms with van der Waals surface area (Å²) in [6.07, 6.45) is 4.76. The highest BCUT2D eigenvalue weighted by molar-refractivity contribution is 14.0. The van der Waals surface area contributed by atoms with Crippen LogP contribution < -0.4 is 5.73 Å². The van der Waals surface area contributed by atoms with Gasteiger partial charge in [0.15, 0.2) is 5.96 Å². The van der Waals surface area contributed by atoms with Gasteiger partial charge in [0, 0.05) is 57.3 Å². The Hall–Kier alpha value is -1.32. The number of amides is 1. The number of aromatic nitrogens is 2. The Balaban J connectivity index is 0.00000208. The van der Waals surface area contributed by atoms with E-state index in [1.54, 1.807) is 0 Å². The second-order valence-electron chi connectivity index (χ2n) is 6.76. The average Bonchev–Trinajstić information content (AvgIpc) is 3.27. The summed E-state index contributed by atoms with van der Waals surface area (Å²) in [4.78, 5) is 20.6. The lowest BCUT2D eigenvalue weighted by Crippen LogP contribution is -2.36. The second-order valence-corrected chi connectivity index (χ2v) is 6.76. The van der Waals surface area contributed by atoms with E-state index in [4.69, 9.17) is 5.73 Å². The van der Waals surface area contributed by atoms with Crippen LogP contribution >= 0.6 is 24.0 Å². The summed E-state index contributed by atoms with van der Waals surface area (Å²) >= 11 is 0. The molecule has 2 atom stereocenters. The van der Waals surface area contributed by atoms with Crippen molar-refractivity contribution in [2.24, 2.45) is 23.7 Å². The molecule has 134 valence electrons. The molecule has 2 aliphatic rings. The van der Waals surface area contributed by atoms with Crippen molar-refractivity contribution in [2.45, 2.75) is 38.3 Å².